The molecule has 11 rings (SSSR count). The third-order valence-corrected chi connectivity index (χ3v) is 19.4. The van der Waals surface area contributed by atoms with Crippen LogP contribution in [0.1, 0.15) is 34.6 Å². The molecule has 0 saturated heterocycles. The van der Waals surface area contributed by atoms with Gasteiger partial charge in [0.1, 0.15) is 15.6 Å². The van der Waals surface area contributed by atoms with Crippen molar-refractivity contribution in [3.05, 3.63) is 141 Å². The molecule has 19 heteroatoms. The van der Waals surface area contributed by atoms with Crippen LogP contribution in [0.5, 0.6) is 0 Å². The van der Waals surface area contributed by atoms with E-state index in [9.17, 15) is 0 Å². The Bertz CT molecular complexity index is 3210. The second kappa shape index (κ2) is 15.5. The number of aromatic nitrogens is 4. The Morgan fingerprint density at radius 1 is 0.646 bits per heavy atom. The quantitative estimate of drug-likeness (QED) is 0.117. The van der Waals surface area contributed by atoms with Gasteiger partial charge in [0.25, 0.3) is 0 Å². The van der Waals surface area contributed by atoms with E-state index in [0.29, 0.717) is 58.1 Å². The van der Waals surface area contributed by atoms with E-state index in [0.717, 1.165) is 21.7 Å². The number of H-pyrrole nitrogens is 4. The number of nitrogens with zero attached hydrogens (tertiary/aromatic N) is 5. The molecule has 65 heavy (non-hydrogen) atoms. The third-order valence-electron chi connectivity index (χ3n) is 13.0. The zero-order chi connectivity index (χ0) is 45.5. The SMILES string of the molecule is CN1C=CC(C2(Cl)C3=NC(Cl)(C=C3)C(Cl)(C3C4=NC(Cl)(C(Cl)C5=NC(Cl)(C=C5)C(Cl)c5ccc([nH]5)C=c5ccc([nH]5)=C4)C3Cl)c3ccc([nH]3)C=c3ccc([nH]3)=CC3=NC2(Cl)C(Cl)C3)=CC1. The average Bonchev–Trinajstić information content (AvgIpc) is 4.14. The molecule has 0 saturated carbocycles. The monoisotopic (exact) mass is 1060 g/mol. The van der Waals surface area contributed by atoms with Crippen LogP contribution in [0.4, 0.5) is 0 Å². The molecule has 0 aliphatic carbocycles. The minimum atomic E-state index is -1.87. The summed E-state index contributed by atoms with van der Waals surface area (Å²) in [4.78, 5) is 26.0. The van der Waals surface area contributed by atoms with E-state index in [1.807, 2.05) is 103 Å². The fourth-order valence-electron chi connectivity index (χ4n) is 9.66. The summed E-state index contributed by atoms with van der Waals surface area (Å²) in [5.41, 5.74) is 4.82. The standard InChI is InChI=1S/C46H35Cl10N9/c1-65-16-12-23(13-17-65)43(53)36-11-15-42(52,64-36)44(54,35-9-7-28(60-35)19-25-2-3-26(57-25)20-30-22-34(47)46(43,56)61-30)37-33-21-29-5-4-24(58-29)18-27-6-8-31(59-27)38(48)41(51)14-10-32(62-41)39(49)45(55,63-33)40(37)50/h2-16,18-21,34,37-40,57-60H,17,22H2,1H3. The van der Waals surface area contributed by atoms with Crippen molar-refractivity contribution in [2.75, 3.05) is 13.6 Å². The van der Waals surface area contributed by atoms with Gasteiger partial charge in [-0.1, -0.05) is 52.5 Å². The minimum absolute atomic E-state index is 0.277. The lowest BCUT2D eigenvalue weighted by molar-refractivity contribution is 0.373. The zero-order valence-electron chi connectivity index (χ0n) is 33.8. The van der Waals surface area contributed by atoms with E-state index < -0.39 is 57.2 Å². The number of allylic oxidation sites excluding steroid dienone is 3. The number of hydrogen-bond acceptors (Lipinski definition) is 5. The molecule has 0 radical (unpaired) electrons. The van der Waals surface area contributed by atoms with Crippen molar-refractivity contribution < 1.29 is 0 Å². The number of likely N-dealkylation sites (N-methyl/N-ethyl adjacent to an activating group) is 1. The molecular formula is C46H35Cl10N9. The largest absolute Gasteiger partial charge is 0.377 e. The summed E-state index contributed by atoms with van der Waals surface area (Å²) in [5, 5.41) is -0.914. The number of aliphatic imine (C=N–C) groups is 4. The lowest BCUT2D eigenvalue weighted by atomic mass is 9.76. The smallest absolute Gasteiger partial charge is 0.179 e. The molecule has 9 nitrogen and oxygen atoms in total. The summed E-state index contributed by atoms with van der Waals surface area (Å²) in [6, 6.07) is 15.3. The Morgan fingerprint density at radius 3 is 2.03 bits per heavy atom. The van der Waals surface area contributed by atoms with Gasteiger partial charge in [-0.3, -0.25) is 20.0 Å². The van der Waals surface area contributed by atoms with E-state index >= 15 is 0 Å². The van der Waals surface area contributed by atoms with Gasteiger partial charge in [0.05, 0.1) is 22.2 Å². The van der Waals surface area contributed by atoms with Crippen LogP contribution in [0.3, 0.4) is 0 Å². The Kier molecular flexibility index (Phi) is 10.6. The summed E-state index contributed by atoms with van der Waals surface area (Å²) in [6.07, 6.45) is 20.5. The second-order valence-corrected chi connectivity index (χ2v) is 22.6. The maximum atomic E-state index is 8.41. The fourth-order valence-corrected chi connectivity index (χ4v) is 13.5. The number of aromatic amines is 4. The highest BCUT2D eigenvalue weighted by Crippen LogP contribution is 2.62. The molecule has 11 unspecified atom stereocenters. The minimum Gasteiger partial charge on any atom is -0.377 e. The van der Waals surface area contributed by atoms with Crippen LogP contribution in [0.2, 0.25) is 0 Å². The van der Waals surface area contributed by atoms with Crippen LogP contribution in [0.15, 0.2) is 117 Å². The first-order chi connectivity index (χ1) is 30.8. The van der Waals surface area contributed by atoms with Crippen LogP contribution in [-0.2, 0) is 4.87 Å². The van der Waals surface area contributed by atoms with E-state index in [1.165, 1.54) is 0 Å². The van der Waals surface area contributed by atoms with E-state index in [1.54, 1.807) is 24.3 Å². The second-order valence-electron chi connectivity index (χ2n) is 17.2. The van der Waals surface area contributed by atoms with Gasteiger partial charge in [0.15, 0.2) is 24.9 Å². The highest BCUT2D eigenvalue weighted by molar-refractivity contribution is 6.52. The summed E-state index contributed by atoms with van der Waals surface area (Å²) in [6.45, 7) is 0.530. The molecule has 4 aromatic heterocycles. The van der Waals surface area contributed by atoms with Crippen molar-refractivity contribution in [3.63, 3.8) is 0 Å². The van der Waals surface area contributed by atoms with E-state index in [2.05, 4.69) is 19.9 Å². The molecule has 11 atom stereocenters. The number of nitrogens with one attached hydrogen (secondary N) is 4. The Hall–Kier alpha value is -3.06. The first kappa shape index (κ1) is 44.4. The maximum absolute atomic E-state index is 8.41. The molecule has 0 aromatic carbocycles. The number of rotatable bonds is 2. The lowest BCUT2D eigenvalue weighted by Gasteiger charge is -2.44. The highest BCUT2D eigenvalue weighted by atomic mass is 35.5. The van der Waals surface area contributed by atoms with Gasteiger partial charge < -0.3 is 24.8 Å². The van der Waals surface area contributed by atoms with Crippen LogP contribution in [0.25, 0.3) is 24.3 Å². The van der Waals surface area contributed by atoms with Crippen LogP contribution in [-0.4, -0.2) is 102 Å². The van der Waals surface area contributed by atoms with Gasteiger partial charge in [-0.25, -0.2) is 0 Å². The molecule has 0 fully saturated rings. The highest BCUT2D eigenvalue weighted by Gasteiger charge is 2.68. The molecule has 7 aliphatic heterocycles. The van der Waals surface area contributed by atoms with E-state index in [4.69, 9.17) is 136 Å². The fraction of sp³-hybridized carbons (Fsp3) is 0.304. The van der Waals surface area contributed by atoms with Gasteiger partial charge in [0, 0.05) is 81.5 Å². The van der Waals surface area contributed by atoms with Crippen LogP contribution >= 0.6 is 116 Å². The molecule has 16 bridgehead atoms. The van der Waals surface area contributed by atoms with Crippen molar-refractivity contribution in [2.24, 2.45) is 25.9 Å². The summed E-state index contributed by atoms with van der Waals surface area (Å²) < 4.78 is 0. The topological polar surface area (TPSA) is 116 Å². The first-order valence-corrected chi connectivity index (χ1v) is 24.6. The summed E-state index contributed by atoms with van der Waals surface area (Å²) in [7, 11) is 1.95. The number of hydrogen-bond donors (Lipinski definition) is 4. The summed E-state index contributed by atoms with van der Waals surface area (Å²) >= 11 is 76.8. The Labute approximate surface area is 422 Å². The lowest BCUT2D eigenvalue weighted by Crippen LogP contribution is -2.56. The molecule has 0 amide bonds. The Morgan fingerprint density at radius 2 is 1.32 bits per heavy atom. The van der Waals surface area contributed by atoms with Crippen LogP contribution < -0.4 is 21.4 Å². The van der Waals surface area contributed by atoms with Crippen molar-refractivity contribution in [1.29, 1.82) is 0 Å². The molecule has 0 spiro atoms. The number of fused-ring (bicyclic) bond motifs is 12. The van der Waals surface area contributed by atoms with Crippen molar-refractivity contribution >= 4 is 163 Å². The van der Waals surface area contributed by atoms with Crippen molar-refractivity contribution in [3.8, 4) is 0 Å². The Balaban J connectivity index is 1.16. The van der Waals surface area contributed by atoms with Crippen LogP contribution in [0, 0.1) is 5.92 Å². The predicted octanol–water partition coefficient (Wildman–Crippen LogP) is 8.52. The third kappa shape index (κ3) is 6.76. The molecule has 4 N–H and O–H groups in total. The van der Waals surface area contributed by atoms with Gasteiger partial charge in [-0.05, 0) is 115 Å². The van der Waals surface area contributed by atoms with Crippen molar-refractivity contribution in [1.82, 2.24) is 24.8 Å². The normalized spacial score (nSPS) is 38.0. The molecule has 334 valence electrons. The predicted molar refractivity (Wildman–Crippen MR) is 272 cm³/mol. The molecule has 4 aromatic rings. The van der Waals surface area contributed by atoms with Gasteiger partial charge in [0.2, 0.25) is 0 Å². The number of alkyl halides is 10. The summed E-state index contributed by atoms with van der Waals surface area (Å²) in [5.74, 6) is -1.05. The average molecular weight is 1070 g/mol. The van der Waals surface area contributed by atoms with Gasteiger partial charge in [-0.2, -0.15) is 0 Å². The number of halogens is 10. The van der Waals surface area contributed by atoms with Crippen molar-refractivity contribution in [2.45, 2.75) is 57.7 Å². The maximum Gasteiger partial charge on any atom is 0.179 e. The molecular weight excluding hydrogens is 1030 g/mol. The zero-order valence-corrected chi connectivity index (χ0v) is 41.3. The van der Waals surface area contributed by atoms with Gasteiger partial charge in [-0.15, -0.1) is 69.6 Å². The van der Waals surface area contributed by atoms with E-state index in [-0.39, 0.29) is 5.71 Å². The first-order valence-electron chi connectivity index (χ1n) is 20.6. The molecule has 11 heterocycles. The molecule has 7 aliphatic rings. The van der Waals surface area contributed by atoms with Gasteiger partial charge >= 0.3 is 0 Å².